The van der Waals surface area contributed by atoms with Crippen molar-refractivity contribution in [2.24, 2.45) is 16.1 Å². The fourth-order valence-electron chi connectivity index (χ4n) is 0.669. The summed E-state index contributed by atoms with van der Waals surface area (Å²) in [6.07, 6.45) is 0. The molecule has 0 aliphatic carbocycles. The number of nitrogens with zero attached hydrogens (tertiary/aromatic N) is 2. The normalized spacial score (nSPS) is 11.8. The Morgan fingerprint density at radius 1 is 1.50 bits per heavy atom. The quantitative estimate of drug-likeness (QED) is 0.430. The van der Waals surface area contributed by atoms with Crippen molar-refractivity contribution in [3.8, 4) is 0 Å². The summed E-state index contributed by atoms with van der Waals surface area (Å²) in [7, 11) is 0. The molecule has 3 heteroatoms. The summed E-state index contributed by atoms with van der Waals surface area (Å²) in [5.41, 5.74) is 0.481. The van der Waals surface area contributed by atoms with Crippen LogP contribution in [0.3, 0.4) is 0 Å². The first-order valence-corrected chi connectivity index (χ1v) is 3.14. The average Bonchev–Trinajstić information content (AvgIpc) is 1.81. The molecule has 0 amide bonds. The van der Waals surface area contributed by atoms with Crippen molar-refractivity contribution in [1.82, 2.24) is 0 Å². The molecular weight excluding hydrogens is 128 g/mol. The Hall–Kier alpha value is -0.990. The molecule has 0 radical (unpaired) electrons. The first-order chi connectivity index (χ1) is 4.59. The van der Waals surface area contributed by atoms with Crippen LogP contribution < -0.4 is 0 Å². The van der Waals surface area contributed by atoms with Crippen molar-refractivity contribution in [3.05, 3.63) is 0 Å². The topological polar surface area (TPSA) is 41.8 Å². The van der Waals surface area contributed by atoms with Crippen molar-refractivity contribution >= 4 is 18.2 Å². The third-order valence-electron chi connectivity index (χ3n) is 1.09. The number of hydrogen-bond donors (Lipinski definition) is 0. The van der Waals surface area contributed by atoms with Crippen molar-refractivity contribution in [2.75, 3.05) is 0 Å². The van der Waals surface area contributed by atoms with E-state index in [9.17, 15) is 4.79 Å². The minimum atomic E-state index is -0.0394. The summed E-state index contributed by atoms with van der Waals surface area (Å²) in [5.74, 6) is 0.0883. The van der Waals surface area contributed by atoms with Crippen molar-refractivity contribution in [3.63, 3.8) is 0 Å². The fourth-order valence-corrected chi connectivity index (χ4v) is 0.669. The van der Waals surface area contributed by atoms with Gasteiger partial charge in [0.15, 0.2) is 5.78 Å². The second kappa shape index (κ2) is 3.93. The zero-order valence-electron chi connectivity index (χ0n) is 6.59. The highest BCUT2D eigenvalue weighted by molar-refractivity contribution is 6.39. The molecule has 0 aliphatic heterocycles. The van der Waals surface area contributed by atoms with Crippen LogP contribution >= 0.6 is 0 Å². The summed E-state index contributed by atoms with van der Waals surface area (Å²) in [5, 5.41) is 6.90. The van der Waals surface area contributed by atoms with Gasteiger partial charge < -0.3 is 0 Å². The molecule has 0 atom stereocenters. The Balaban J connectivity index is 4.41. The second-order valence-corrected chi connectivity index (χ2v) is 2.34. The van der Waals surface area contributed by atoms with Gasteiger partial charge in [0.1, 0.15) is 5.71 Å². The molecule has 0 N–H and O–H groups in total. The minimum Gasteiger partial charge on any atom is -0.293 e. The minimum absolute atomic E-state index is 0.0394. The molecule has 0 bridgehead atoms. The van der Waals surface area contributed by atoms with E-state index in [2.05, 4.69) is 16.9 Å². The SMILES string of the molecule is C=N/N=C(\C(C)=O)C(C)C. The molecule has 0 fully saturated rings. The van der Waals surface area contributed by atoms with Gasteiger partial charge in [-0.2, -0.15) is 10.2 Å². The van der Waals surface area contributed by atoms with Crippen LogP contribution in [0.4, 0.5) is 0 Å². The van der Waals surface area contributed by atoms with Gasteiger partial charge >= 0.3 is 0 Å². The lowest BCUT2D eigenvalue weighted by Crippen LogP contribution is -2.16. The zero-order valence-corrected chi connectivity index (χ0v) is 6.59. The lowest BCUT2D eigenvalue weighted by atomic mass is 10.1. The molecule has 10 heavy (non-hydrogen) atoms. The summed E-state index contributed by atoms with van der Waals surface area (Å²) < 4.78 is 0. The molecule has 3 nitrogen and oxygen atoms in total. The standard InChI is InChI=1S/C7H12N2O/c1-5(2)7(6(3)10)9-8-4/h5H,4H2,1-3H3/b9-7-. The highest BCUT2D eigenvalue weighted by Gasteiger charge is 2.09. The van der Waals surface area contributed by atoms with Crippen LogP contribution in [0.1, 0.15) is 20.8 Å². The van der Waals surface area contributed by atoms with Crippen LogP contribution in [0.15, 0.2) is 10.2 Å². The zero-order chi connectivity index (χ0) is 8.15. The second-order valence-electron chi connectivity index (χ2n) is 2.34. The lowest BCUT2D eigenvalue weighted by Gasteiger charge is -2.01. The highest BCUT2D eigenvalue weighted by atomic mass is 16.1. The smallest absolute Gasteiger partial charge is 0.176 e. The molecule has 0 aliphatic rings. The number of ketones is 1. The maximum absolute atomic E-state index is 10.8. The van der Waals surface area contributed by atoms with Gasteiger partial charge in [0.05, 0.1) is 0 Å². The monoisotopic (exact) mass is 140 g/mol. The molecule has 0 aromatic rings. The first-order valence-electron chi connectivity index (χ1n) is 3.14. The van der Waals surface area contributed by atoms with E-state index in [0.717, 1.165) is 0 Å². The van der Waals surface area contributed by atoms with Gasteiger partial charge in [0.2, 0.25) is 0 Å². The molecule has 0 heterocycles. The van der Waals surface area contributed by atoms with Crippen LogP contribution in [-0.2, 0) is 4.79 Å². The first kappa shape index (κ1) is 9.01. The molecular formula is C7H12N2O. The summed E-state index contributed by atoms with van der Waals surface area (Å²) in [6, 6.07) is 0. The lowest BCUT2D eigenvalue weighted by molar-refractivity contribution is -0.111. The van der Waals surface area contributed by atoms with E-state index in [1.165, 1.54) is 6.92 Å². The Kier molecular flexibility index (Phi) is 3.54. The van der Waals surface area contributed by atoms with E-state index in [1.54, 1.807) is 0 Å². The van der Waals surface area contributed by atoms with Crippen LogP contribution in [0, 0.1) is 5.92 Å². The van der Waals surface area contributed by atoms with E-state index in [-0.39, 0.29) is 11.7 Å². The number of carbonyl (C=O) groups excluding carboxylic acids is 1. The largest absolute Gasteiger partial charge is 0.293 e. The van der Waals surface area contributed by atoms with Crippen LogP contribution in [-0.4, -0.2) is 18.2 Å². The molecule has 0 saturated carbocycles. The number of rotatable bonds is 3. The Morgan fingerprint density at radius 2 is 2.00 bits per heavy atom. The van der Waals surface area contributed by atoms with Crippen molar-refractivity contribution < 1.29 is 4.79 Å². The fraction of sp³-hybridized carbons (Fsp3) is 0.571. The van der Waals surface area contributed by atoms with Gasteiger partial charge in [-0.05, 0) is 0 Å². The molecule has 0 aromatic carbocycles. The van der Waals surface area contributed by atoms with Gasteiger partial charge in [-0.25, -0.2) is 0 Å². The Bertz CT molecular complexity index is 170. The van der Waals surface area contributed by atoms with Gasteiger partial charge in [-0.3, -0.25) is 4.79 Å². The molecule has 0 spiro atoms. The van der Waals surface area contributed by atoms with Gasteiger partial charge in [-0.15, -0.1) is 0 Å². The predicted molar refractivity (Wildman–Crippen MR) is 42.5 cm³/mol. The number of Topliss-reactive ketones (excluding diaryl/α,β-unsaturated/α-hetero) is 1. The Morgan fingerprint density at radius 3 is 2.10 bits per heavy atom. The maximum Gasteiger partial charge on any atom is 0.176 e. The van der Waals surface area contributed by atoms with E-state index in [1.807, 2.05) is 13.8 Å². The van der Waals surface area contributed by atoms with Crippen molar-refractivity contribution in [1.29, 1.82) is 0 Å². The van der Waals surface area contributed by atoms with Crippen LogP contribution in [0.2, 0.25) is 0 Å². The van der Waals surface area contributed by atoms with E-state index in [0.29, 0.717) is 5.71 Å². The maximum atomic E-state index is 10.8. The van der Waals surface area contributed by atoms with Crippen LogP contribution in [0.25, 0.3) is 0 Å². The summed E-state index contributed by atoms with van der Waals surface area (Å²) >= 11 is 0. The molecule has 56 valence electrons. The van der Waals surface area contributed by atoms with E-state index >= 15 is 0 Å². The van der Waals surface area contributed by atoms with E-state index in [4.69, 9.17) is 0 Å². The summed E-state index contributed by atoms with van der Waals surface area (Å²) in [6.45, 7) is 8.44. The van der Waals surface area contributed by atoms with E-state index < -0.39 is 0 Å². The number of carbonyl (C=O) groups is 1. The molecule has 0 unspecified atom stereocenters. The molecule has 0 rings (SSSR count). The molecule has 0 saturated heterocycles. The van der Waals surface area contributed by atoms with Crippen molar-refractivity contribution in [2.45, 2.75) is 20.8 Å². The molecule has 0 aromatic heterocycles. The third kappa shape index (κ3) is 2.53. The number of hydrogen-bond acceptors (Lipinski definition) is 3. The van der Waals surface area contributed by atoms with Gasteiger partial charge in [-0.1, -0.05) is 13.8 Å². The third-order valence-corrected chi connectivity index (χ3v) is 1.09. The summed E-state index contributed by atoms with van der Waals surface area (Å²) in [4.78, 5) is 10.8. The van der Waals surface area contributed by atoms with Crippen LogP contribution in [0.5, 0.6) is 0 Å². The predicted octanol–water partition coefficient (Wildman–Crippen LogP) is 1.29. The Labute approximate surface area is 60.9 Å². The van der Waals surface area contributed by atoms with Gasteiger partial charge in [0, 0.05) is 19.6 Å². The highest BCUT2D eigenvalue weighted by Crippen LogP contribution is 1.98. The average molecular weight is 140 g/mol. The van der Waals surface area contributed by atoms with Gasteiger partial charge in [0.25, 0.3) is 0 Å².